The maximum Gasteiger partial charge on any atom is 0.270 e. The minimum absolute atomic E-state index is 0.0877. The van der Waals surface area contributed by atoms with Crippen LogP contribution in [-0.2, 0) is 0 Å². The Hall–Kier alpha value is -1.59. The molecule has 0 bridgehead atoms. The van der Waals surface area contributed by atoms with Crippen molar-refractivity contribution in [2.24, 2.45) is 0 Å². The van der Waals surface area contributed by atoms with Gasteiger partial charge >= 0.3 is 0 Å². The minimum Gasteiger partial charge on any atom is -0.384 e. The van der Waals surface area contributed by atoms with E-state index < -0.39 is 0 Å². The lowest BCUT2D eigenvalue weighted by Crippen LogP contribution is -2.26. The highest BCUT2D eigenvalue weighted by atomic mass is 35.5. The second-order valence-electron chi connectivity index (χ2n) is 4.30. The molecule has 2 aromatic rings. The summed E-state index contributed by atoms with van der Waals surface area (Å²) in [4.78, 5) is 17.3. The van der Waals surface area contributed by atoms with Gasteiger partial charge in [0.1, 0.15) is 5.69 Å². The number of amides is 1. The Kier molecular flexibility index (Phi) is 4.98. The fourth-order valence-electron chi connectivity index (χ4n) is 1.74. The molecule has 20 heavy (non-hydrogen) atoms. The number of carbonyl (C=O) groups excluding carboxylic acids is 1. The van der Waals surface area contributed by atoms with Crippen LogP contribution in [0.25, 0.3) is 0 Å². The number of halogens is 1. The number of carbonyl (C=O) groups is 1. The van der Waals surface area contributed by atoms with E-state index in [-0.39, 0.29) is 11.9 Å². The van der Waals surface area contributed by atoms with E-state index in [0.29, 0.717) is 10.0 Å². The van der Waals surface area contributed by atoms with Crippen LogP contribution in [0.15, 0.2) is 30.5 Å². The molecule has 0 aliphatic rings. The number of hydrogen-bond acceptors (Lipinski definition) is 4. The van der Waals surface area contributed by atoms with Gasteiger partial charge in [-0.05, 0) is 38.1 Å². The summed E-state index contributed by atoms with van der Waals surface area (Å²) >= 11 is 7.35. The van der Waals surface area contributed by atoms with Crippen LogP contribution in [0.3, 0.4) is 0 Å². The van der Waals surface area contributed by atoms with E-state index in [1.54, 1.807) is 12.3 Å². The fraction of sp³-hybridized carbons (Fsp3) is 0.286. The van der Waals surface area contributed by atoms with Crippen LogP contribution in [0, 0.1) is 0 Å². The molecule has 0 aromatic carbocycles. The second kappa shape index (κ2) is 6.72. The zero-order valence-corrected chi connectivity index (χ0v) is 12.9. The maximum absolute atomic E-state index is 12.1. The zero-order valence-electron chi connectivity index (χ0n) is 11.3. The number of thiophene rings is 1. The number of nitrogens with zero attached hydrogens (tertiary/aromatic N) is 1. The van der Waals surface area contributed by atoms with Crippen LogP contribution < -0.4 is 10.6 Å². The summed E-state index contributed by atoms with van der Waals surface area (Å²) in [5.41, 5.74) is 1.31. The summed E-state index contributed by atoms with van der Waals surface area (Å²) in [6.07, 6.45) is 1.66. The molecule has 6 heteroatoms. The zero-order chi connectivity index (χ0) is 14.5. The molecule has 0 aliphatic heterocycles. The van der Waals surface area contributed by atoms with Crippen molar-refractivity contribution in [2.75, 3.05) is 11.9 Å². The number of aromatic nitrogens is 1. The topological polar surface area (TPSA) is 54.0 Å². The van der Waals surface area contributed by atoms with Gasteiger partial charge in [0, 0.05) is 11.4 Å². The fourth-order valence-corrected chi connectivity index (χ4v) is 2.80. The van der Waals surface area contributed by atoms with Gasteiger partial charge < -0.3 is 10.6 Å². The molecule has 1 atom stereocenters. The van der Waals surface area contributed by atoms with Crippen molar-refractivity contribution in [2.45, 2.75) is 19.9 Å². The Bertz CT molecular complexity index is 582. The number of hydrogen-bond donors (Lipinski definition) is 2. The molecule has 2 aromatic heterocycles. The standard InChI is InChI=1S/C14H16ClN3OS/c1-3-16-10-4-5-11(17-8-10)14(19)18-9(2)12-6-7-13(15)20-12/h4-9,16H,3H2,1-2H3,(H,18,19). The molecule has 0 saturated carbocycles. The molecule has 2 rings (SSSR count). The van der Waals surface area contributed by atoms with Crippen LogP contribution >= 0.6 is 22.9 Å². The number of pyridine rings is 1. The maximum atomic E-state index is 12.1. The highest BCUT2D eigenvalue weighted by molar-refractivity contribution is 7.16. The summed E-state index contributed by atoms with van der Waals surface area (Å²) in [7, 11) is 0. The van der Waals surface area contributed by atoms with Crippen molar-refractivity contribution in [3.8, 4) is 0 Å². The van der Waals surface area contributed by atoms with Gasteiger partial charge in [-0.15, -0.1) is 11.3 Å². The van der Waals surface area contributed by atoms with E-state index in [0.717, 1.165) is 17.1 Å². The van der Waals surface area contributed by atoms with Crippen LogP contribution in [0.2, 0.25) is 4.34 Å². The Morgan fingerprint density at radius 1 is 1.40 bits per heavy atom. The highest BCUT2D eigenvalue weighted by Gasteiger charge is 2.14. The lowest BCUT2D eigenvalue weighted by molar-refractivity contribution is 0.0935. The Morgan fingerprint density at radius 2 is 2.20 bits per heavy atom. The normalized spacial score (nSPS) is 11.9. The van der Waals surface area contributed by atoms with E-state index in [9.17, 15) is 4.79 Å². The van der Waals surface area contributed by atoms with Crippen LogP contribution in [0.5, 0.6) is 0 Å². The molecular weight excluding hydrogens is 294 g/mol. The lowest BCUT2D eigenvalue weighted by atomic mass is 10.2. The molecular formula is C14H16ClN3OS. The van der Waals surface area contributed by atoms with Gasteiger partial charge in [0.05, 0.1) is 22.3 Å². The molecule has 1 amide bonds. The Morgan fingerprint density at radius 3 is 2.75 bits per heavy atom. The van der Waals surface area contributed by atoms with Gasteiger partial charge in [0.15, 0.2) is 0 Å². The summed E-state index contributed by atoms with van der Waals surface area (Å²) in [5.74, 6) is -0.190. The van der Waals surface area contributed by atoms with Crippen molar-refractivity contribution in [1.29, 1.82) is 0 Å². The molecule has 2 heterocycles. The first kappa shape index (κ1) is 14.8. The molecule has 0 aliphatic carbocycles. The van der Waals surface area contributed by atoms with E-state index in [1.807, 2.05) is 32.0 Å². The van der Waals surface area contributed by atoms with Gasteiger partial charge in [-0.1, -0.05) is 11.6 Å². The number of rotatable bonds is 5. The molecule has 4 nitrogen and oxygen atoms in total. The Balaban J connectivity index is 2.00. The molecule has 106 valence electrons. The third kappa shape index (κ3) is 3.71. The van der Waals surface area contributed by atoms with Crippen molar-refractivity contribution in [3.05, 3.63) is 45.4 Å². The summed E-state index contributed by atoms with van der Waals surface area (Å²) < 4.78 is 0.717. The van der Waals surface area contributed by atoms with Gasteiger partial charge in [-0.2, -0.15) is 0 Å². The molecule has 0 saturated heterocycles. The Labute approximate surface area is 127 Å². The van der Waals surface area contributed by atoms with Gasteiger partial charge in [-0.25, -0.2) is 4.98 Å². The third-order valence-electron chi connectivity index (χ3n) is 2.75. The van der Waals surface area contributed by atoms with Crippen molar-refractivity contribution < 1.29 is 4.79 Å². The first-order valence-electron chi connectivity index (χ1n) is 6.36. The molecule has 0 fully saturated rings. The van der Waals surface area contributed by atoms with Gasteiger partial charge in [0.2, 0.25) is 0 Å². The van der Waals surface area contributed by atoms with Gasteiger partial charge in [0.25, 0.3) is 5.91 Å². The van der Waals surface area contributed by atoms with E-state index in [4.69, 9.17) is 11.6 Å². The average molecular weight is 310 g/mol. The smallest absolute Gasteiger partial charge is 0.270 e. The average Bonchev–Trinajstić information content (AvgIpc) is 2.86. The summed E-state index contributed by atoms with van der Waals surface area (Å²) in [6, 6.07) is 7.21. The lowest BCUT2D eigenvalue weighted by Gasteiger charge is -2.12. The summed E-state index contributed by atoms with van der Waals surface area (Å²) in [6.45, 7) is 4.75. The first-order valence-corrected chi connectivity index (χ1v) is 7.55. The van der Waals surface area contributed by atoms with Crippen LogP contribution in [0.4, 0.5) is 5.69 Å². The molecule has 1 unspecified atom stereocenters. The second-order valence-corrected chi connectivity index (χ2v) is 6.05. The monoisotopic (exact) mass is 309 g/mol. The van der Waals surface area contributed by atoms with E-state index in [2.05, 4.69) is 15.6 Å². The number of nitrogens with one attached hydrogen (secondary N) is 2. The van der Waals surface area contributed by atoms with Gasteiger partial charge in [-0.3, -0.25) is 4.79 Å². The predicted molar refractivity (Wildman–Crippen MR) is 83.6 cm³/mol. The quantitative estimate of drug-likeness (QED) is 0.885. The third-order valence-corrected chi connectivity index (χ3v) is 4.16. The predicted octanol–water partition coefficient (Wildman–Crippen LogP) is 3.72. The summed E-state index contributed by atoms with van der Waals surface area (Å²) in [5, 5.41) is 6.04. The van der Waals surface area contributed by atoms with E-state index >= 15 is 0 Å². The van der Waals surface area contributed by atoms with Crippen molar-refractivity contribution >= 4 is 34.5 Å². The van der Waals surface area contributed by atoms with Crippen LogP contribution in [0.1, 0.15) is 35.3 Å². The minimum atomic E-state index is -0.190. The molecule has 0 radical (unpaired) electrons. The highest BCUT2D eigenvalue weighted by Crippen LogP contribution is 2.26. The SMILES string of the molecule is CCNc1ccc(C(=O)NC(C)c2ccc(Cl)s2)nc1. The van der Waals surface area contributed by atoms with E-state index in [1.165, 1.54) is 11.3 Å². The largest absolute Gasteiger partial charge is 0.384 e. The molecule has 2 N–H and O–H groups in total. The van der Waals surface area contributed by atoms with Crippen molar-refractivity contribution in [3.63, 3.8) is 0 Å². The first-order chi connectivity index (χ1) is 9.60. The molecule has 0 spiro atoms. The number of anilines is 1. The van der Waals surface area contributed by atoms with Crippen LogP contribution in [-0.4, -0.2) is 17.4 Å². The van der Waals surface area contributed by atoms with Crippen molar-refractivity contribution in [1.82, 2.24) is 10.3 Å².